The molecule has 1 aliphatic carbocycles. The molecule has 3 aromatic carbocycles. The molecule has 1 aliphatic rings. The van der Waals surface area contributed by atoms with E-state index in [1.54, 1.807) is 12.0 Å². The van der Waals surface area contributed by atoms with Crippen molar-refractivity contribution in [2.24, 2.45) is 5.92 Å². The second kappa shape index (κ2) is 20.4. The van der Waals surface area contributed by atoms with Crippen LogP contribution in [0.25, 0.3) is 44.4 Å². The smallest absolute Gasteiger partial charge is 0.244 e. The minimum absolute atomic E-state index is 0.0350. The lowest BCUT2D eigenvalue weighted by Crippen LogP contribution is -2.52. The Labute approximate surface area is 355 Å². The molecule has 6 rings (SSSR count). The summed E-state index contributed by atoms with van der Waals surface area (Å²) in [4.78, 5) is 49.6. The number of nitrogens with zero attached hydrogens (tertiary/aromatic N) is 5. The fourth-order valence-corrected chi connectivity index (χ4v) is 7.78. The van der Waals surface area contributed by atoms with Gasteiger partial charge in [0.1, 0.15) is 23.9 Å². The number of terminal acetylenes is 1. The summed E-state index contributed by atoms with van der Waals surface area (Å²) in [7, 11) is 5.57. The number of hydrogen-bond acceptors (Lipinski definition) is 7. The number of aromatic amines is 2. The average molecular weight is 809 g/mol. The summed E-state index contributed by atoms with van der Waals surface area (Å²) in [6, 6.07) is 20.7. The van der Waals surface area contributed by atoms with Gasteiger partial charge in [-0.25, -0.2) is 9.97 Å². The molecule has 60 heavy (non-hydrogen) atoms. The Hall–Kier alpha value is -5.80. The van der Waals surface area contributed by atoms with Crippen molar-refractivity contribution in [3.63, 3.8) is 0 Å². The normalized spacial score (nSPS) is 14.2. The van der Waals surface area contributed by atoms with E-state index in [-0.39, 0.29) is 30.0 Å². The summed E-state index contributed by atoms with van der Waals surface area (Å²) in [5.74, 6) is 4.26. The Morgan fingerprint density at radius 3 is 1.98 bits per heavy atom. The van der Waals surface area contributed by atoms with Gasteiger partial charge < -0.3 is 24.5 Å². The van der Waals surface area contributed by atoms with Gasteiger partial charge in [-0.1, -0.05) is 87.5 Å². The summed E-state index contributed by atoms with van der Waals surface area (Å²) < 4.78 is 5.39. The molecule has 11 nitrogen and oxygen atoms in total. The zero-order chi connectivity index (χ0) is 42.8. The summed E-state index contributed by atoms with van der Waals surface area (Å²) in [5, 5.41) is 5.53. The van der Waals surface area contributed by atoms with E-state index in [0.29, 0.717) is 38.4 Å². The van der Waals surface area contributed by atoms with Crippen molar-refractivity contribution in [2.45, 2.75) is 84.8 Å². The van der Waals surface area contributed by atoms with Gasteiger partial charge in [0.15, 0.2) is 0 Å². The SMILES string of the molecule is C#CCCN(Cc1ncc(-c2ccc3cc(-c4ccc(-c5cnc(CN(CCC)C(=O)C(C6=CC=CCC6)N(C)C)[nH]5)cc4)ccc3c2)[nH]1)C(=O)[C@@H](NC(C)OC)C(C)C. The second-order valence-electron chi connectivity index (χ2n) is 16.2. The van der Waals surface area contributed by atoms with E-state index in [4.69, 9.17) is 11.2 Å². The number of H-pyrrole nitrogens is 2. The van der Waals surface area contributed by atoms with Crippen LogP contribution in [-0.2, 0) is 27.4 Å². The molecule has 0 spiro atoms. The number of allylic oxidation sites excluding steroid dienone is 3. The first kappa shape index (κ1) is 43.8. The van der Waals surface area contributed by atoms with E-state index in [0.717, 1.165) is 75.1 Å². The van der Waals surface area contributed by atoms with Crippen molar-refractivity contribution in [1.82, 2.24) is 40.0 Å². The number of fused-ring (bicyclic) bond motifs is 1. The van der Waals surface area contributed by atoms with E-state index in [1.165, 1.54) is 0 Å². The maximum absolute atomic E-state index is 13.9. The first-order chi connectivity index (χ1) is 29.0. The van der Waals surface area contributed by atoms with Gasteiger partial charge in [0.25, 0.3) is 0 Å². The predicted molar refractivity (Wildman–Crippen MR) is 241 cm³/mol. The molecule has 2 amide bonds. The Morgan fingerprint density at radius 2 is 1.42 bits per heavy atom. The molecular weight excluding hydrogens is 749 g/mol. The maximum atomic E-state index is 13.9. The lowest BCUT2D eigenvalue weighted by atomic mass is 9.96. The van der Waals surface area contributed by atoms with Crippen molar-refractivity contribution in [2.75, 3.05) is 34.3 Å². The van der Waals surface area contributed by atoms with Gasteiger partial charge in [-0.2, -0.15) is 0 Å². The monoisotopic (exact) mass is 808 g/mol. The van der Waals surface area contributed by atoms with Crippen LogP contribution in [0.5, 0.6) is 0 Å². The van der Waals surface area contributed by atoms with Crippen LogP contribution in [0.3, 0.4) is 0 Å². The van der Waals surface area contributed by atoms with Crippen LogP contribution in [0.2, 0.25) is 0 Å². The molecule has 0 radical (unpaired) electrons. The number of carbonyl (C=O) groups is 2. The third kappa shape index (κ3) is 10.7. The lowest BCUT2D eigenvalue weighted by molar-refractivity contribution is -0.137. The van der Waals surface area contributed by atoms with Crippen LogP contribution in [0.15, 0.2) is 96.9 Å². The molecule has 0 saturated carbocycles. The highest BCUT2D eigenvalue weighted by molar-refractivity contribution is 5.91. The van der Waals surface area contributed by atoms with E-state index in [1.807, 2.05) is 57.1 Å². The highest BCUT2D eigenvalue weighted by atomic mass is 16.5. The van der Waals surface area contributed by atoms with Crippen LogP contribution < -0.4 is 5.32 Å². The summed E-state index contributed by atoms with van der Waals surface area (Å²) in [6.07, 6.45) is 18.5. The molecule has 3 N–H and O–H groups in total. The topological polar surface area (TPSA) is 122 Å². The van der Waals surface area contributed by atoms with Crippen molar-refractivity contribution >= 4 is 22.6 Å². The molecule has 2 heterocycles. The van der Waals surface area contributed by atoms with Crippen molar-refractivity contribution < 1.29 is 14.3 Å². The van der Waals surface area contributed by atoms with Crippen LogP contribution in [0, 0.1) is 18.3 Å². The first-order valence-electron chi connectivity index (χ1n) is 21.0. The molecule has 0 bridgehead atoms. The predicted octanol–water partition coefficient (Wildman–Crippen LogP) is 8.19. The fourth-order valence-electron chi connectivity index (χ4n) is 7.78. The van der Waals surface area contributed by atoms with E-state index >= 15 is 0 Å². The van der Waals surface area contributed by atoms with Crippen molar-refractivity contribution in [1.29, 1.82) is 0 Å². The zero-order valence-corrected chi connectivity index (χ0v) is 36.2. The number of rotatable bonds is 19. The number of aromatic nitrogens is 4. The minimum atomic E-state index is -0.421. The largest absolute Gasteiger partial charge is 0.367 e. The molecule has 0 aliphatic heterocycles. The molecule has 314 valence electrons. The number of amides is 2. The van der Waals surface area contributed by atoms with Crippen LogP contribution in [-0.4, -0.2) is 99.1 Å². The molecule has 3 atom stereocenters. The number of methoxy groups -OCH3 is 1. The maximum Gasteiger partial charge on any atom is 0.244 e. The third-order valence-corrected chi connectivity index (χ3v) is 11.1. The Morgan fingerprint density at radius 1 is 0.833 bits per heavy atom. The zero-order valence-electron chi connectivity index (χ0n) is 36.2. The van der Waals surface area contributed by atoms with Crippen molar-refractivity contribution in [3.8, 4) is 46.0 Å². The van der Waals surface area contributed by atoms with Gasteiger partial charge in [0.05, 0.1) is 42.9 Å². The van der Waals surface area contributed by atoms with Gasteiger partial charge in [-0.05, 0) is 91.4 Å². The van der Waals surface area contributed by atoms with Crippen LogP contribution in [0.4, 0.5) is 0 Å². The summed E-state index contributed by atoms with van der Waals surface area (Å²) >= 11 is 0. The average Bonchev–Trinajstić information content (AvgIpc) is 3.94. The quantitative estimate of drug-likeness (QED) is 0.0568. The number of likely N-dealkylation sites (N-methyl/N-ethyl adjacent to an activating group) is 1. The lowest BCUT2D eigenvalue weighted by Gasteiger charge is -2.32. The molecule has 2 unspecified atom stereocenters. The molecule has 0 saturated heterocycles. The highest BCUT2D eigenvalue weighted by Crippen LogP contribution is 2.30. The molecule has 2 aromatic heterocycles. The Balaban J connectivity index is 1.12. The number of nitrogens with one attached hydrogen (secondary N) is 3. The highest BCUT2D eigenvalue weighted by Gasteiger charge is 2.31. The molecular formula is C49H60N8O3. The second-order valence-corrected chi connectivity index (χ2v) is 16.2. The number of imidazole rings is 2. The molecule has 5 aromatic rings. The fraction of sp³-hybridized carbons (Fsp3) is 0.388. The van der Waals surface area contributed by atoms with E-state index in [2.05, 4.69) is 117 Å². The van der Waals surface area contributed by atoms with Gasteiger partial charge in [-0.15, -0.1) is 12.3 Å². The summed E-state index contributed by atoms with van der Waals surface area (Å²) in [6.45, 7) is 9.86. The van der Waals surface area contributed by atoms with Crippen LogP contribution in [0.1, 0.15) is 65.0 Å². The number of hydrogen-bond donors (Lipinski definition) is 3. The summed E-state index contributed by atoms with van der Waals surface area (Å²) in [5.41, 5.74) is 7.21. The van der Waals surface area contributed by atoms with Crippen LogP contribution >= 0.6 is 0 Å². The molecule has 11 heteroatoms. The van der Waals surface area contributed by atoms with Gasteiger partial charge in [0, 0.05) is 32.2 Å². The number of benzene rings is 3. The Kier molecular flexibility index (Phi) is 14.9. The minimum Gasteiger partial charge on any atom is -0.367 e. The third-order valence-electron chi connectivity index (χ3n) is 11.1. The van der Waals surface area contributed by atoms with Gasteiger partial charge in [-0.3, -0.25) is 19.8 Å². The van der Waals surface area contributed by atoms with E-state index < -0.39 is 6.04 Å². The van der Waals surface area contributed by atoms with Gasteiger partial charge in [0.2, 0.25) is 11.8 Å². The number of ether oxygens (including phenoxy) is 1. The Bertz CT molecular complexity index is 2330. The number of carbonyl (C=O) groups excluding carboxylic acids is 2. The first-order valence-corrected chi connectivity index (χ1v) is 21.0. The van der Waals surface area contributed by atoms with Gasteiger partial charge >= 0.3 is 0 Å². The van der Waals surface area contributed by atoms with E-state index in [9.17, 15) is 9.59 Å². The molecule has 0 fully saturated rings. The van der Waals surface area contributed by atoms with Crippen molar-refractivity contribution in [3.05, 3.63) is 109 Å². The standard InChI is InChI=1S/C49H60N8O3/c1-9-11-26-57(48(58)46(33(3)4)52-34(5)60-8)32-45-51-30-43(54-45)41-24-23-39-27-38(21-22-40(39)28-41)35-17-19-36(20-18-35)42-29-50-44(53-42)31-56(25-10-2)49(59)47(55(6)7)37-15-13-12-14-16-37/h1,12-13,15,17-24,27-30,33-34,46-47,52H,10-11,14,16,25-26,31-32H2,2-8H3,(H,50,53)(H,51,54)/t34?,46-,47?/m0/s1.